The van der Waals surface area contributed by atoms with Crippen molar-refractivity contribution in [3.05, 3.63) is 105 Å². The first kappa shape index (κ1) is 23.6. The zero-order valence-electron chi connectivity index (χ0n) is 18.7. The molecule has 7 heteroatoms. The van der Waals surface area contributed by atoms with Crippen LogP contribution in [0.5, 0.6) is 11.5 Å². The number of hydrogen-bond donors (Lipinski definition) is 0. The molecule has 0 aliphatic carbocycles. The van der Waals surface area contributed by atoms with E-state index in [9.17, 15) is 4.79 Å². The normalized spacial score (nSPS) is 14.7. The first-order chi connectivity index (χ1) is 17.0. The van der Waals surface area contributed by atoms with Crippen LogP contribution in [-0.4, -0.2) is 17.3 Å². The third kappa shape index (κ3) is 4.98. The molecule has 0 saturated carbocycles. The van der Waals surface area contributed by atoms with Gasteiger partial charge >= 0.3 is 0 Å². The summed E-state index contributed by atoms with van der Waals surface area (Å²) in [6.07, 6.45) is 1.82. The molecule has 174 valence electrons. The van der Waals surface area contributed by atoms with Crippen LogP contribution in [0.1, 0.15) is 11.1 Å². The minimum atomic E-state index is -0.141. The molecule has 5 rings (SSSR count). The highest BCUT2D eigenvalue weighted by atomic mass is 79.9. The zero-order chi connectivity index (χ0) is 24.4. The highest BCUT2D eigenvalue weighted by molar-refractivity contribution is 9.10. The fourth-order valence-electron chi connectivity index (χ4n) is 3.87. The van der Waals surface area contributed by atoms with Crippen LogP contribution in [0, 0.1) is 0 Å². The van der Waals surface area contributed by atoms with Crippen molar-refractivity contribution in [3.8, 4) is 11.5 Å². The minimum Gasteiger partial charge on any atom is -0.493 e. The van der Waals surface area contributed by atoms with Gasteiger partial charge in [0.25, 0.3) is 5.91 Å². The fourth-order valence-corrected chi connectivity index (χ4v) is 5.74. The second-order valence-electron chi connectivity index (χ2n) is 7.86. The minimum absolute atomic E-state index is 0.141. The average molecular weight is 563 g/mol. The Balaban J connectivity index is 1.38. The van der Waals surface area contributed by atoms with E-state index in [4.69, 9.17) is 21.7 Å². The first-order valence-electron chi connectivity index (χ1n) is 10.8. The van der Waals surface area contributed by atoms with E-state index in [0.29, 0.717) is 27.3 Å². The Morgan fingerprint density at radius 1 is 0.971 bits per heavy atom. The number of halogens is 1. The number of carbonyl (C=O) groups excluding carboxylic acids is 1. The van der Waals surface area contributed by atoms with Crippen LogP contribution >= 0.6 is 39.9 Å². The van der Waals surface area contributed by atoms with Gasteiger partial charge in [0.15, 0.2) is 15.8 Å². The molecule has 35 heavy (non-hydrogen) atoms. The van der Waals surface area contributed by atoms with Gasteiger partial charge in [-0.15, -0.1) is 0 Å². The Kier molecular flexibility index (Phi) is 6.90. The number of amides is 1. The van der Waals surface area contributed by atoms with Gasteiger partial charge < -0.3 is 9.47 Å². The van der Waals surface area contributed by atoms with E-state index in [1.807, 2.05) is 60.7 Å². The molecule has 0 atom stereocenters. The Labute approximate surface area is 221 Å². The van der Waals surface area contributed by atoms with Crippen molar-refractivity contribution in [1.29, 1.82) is 0 Å². The summed E-state index contributed by atoms with van der Waals surface area (Å²) in [4.78, 5) is 15.2. The molecule has 1 aliphatic heterocycles. The Morgan fingerprint density at radius 2 is 1.71 bits per heavy atom. The highest BCUT2D eigenvalue weighted by Crippen LogP contribution is 2.40. The largest absolute Gasteiger partial charge is 0.493 e. The molecule has 1 heterocycles. The highest BCUT2D eigenvalue weighted by Gasteiger charge is 2.33. The number of hydrogen-bond acceptors (Lipinski definition) is 5. The van der Waals surface area contributed by atoms with Gasteiger partial charge in [0.05, 0.1) is 22.2 Å². The molecule has 0 N–H and O–H groups in total. The number of rotatable bonds is 6. The second kappa shape index (κ2) is 10.2. The summed E-state index contributed by atoms with van der Waals surface area (Å²) < 4.78 is 13.0. The van der Waals surface area contributed by atoms with E-state index in [-0.39, 0.29) is 5.91 Å². The SMILES string of the molecule is COc1cc(/C=C2/SC(=S)N(c3ccccc3)C2=O)cc(Br)c1OCc1ccc2ccccc2c1. The maximum absolute atomic E-state index is 13.1. The van der Waals surface area contributed by atoms with Crippen LogP contribution in [0.2, 0.25) is 0 Å². The van der Waals surface area contributed by atoms with Crippen molar-refractivity contribution in [2.45, 2.75) is 6.61 Å². The summed E-state index contributed by atoms with van der Waals surface area (Å²) in [5.74, 6) is 1.04. The molecular weight excluding hydrogens is 542 g/mol. The molecule has 1 amide bonds. The number of methoxy groups -OCH3 is 1. The van der Waals surface area contributed by atoms with Gasteiger partial charge in [-0.25, -0.2) is 0 Å². The van der Waals surface area contributed by atoms with Crippen LogP contribution in [0.15, 0.2) is 94.3 Å². The van der Waals surface area contributed by atoms with Gasteiger partial charge in [-0.05, 0) is 74.2 Å². The maximum atomic E-state index is 13.1. The number of anilines is 1. The van der Waals surface area contributed by atoms with Crippen LogP contribution < -0.4 is 14.4 Å². The lowest BCUT2D eigenvalue weighted by Gasteiger charge is -2.14. The number of benzene rings is 4. The molecule has 0 bridgehead atoms. The molecule has 0 aromatic heterocycles. The lowest BCUT2D eigenvalue weighted by Crippen LogP contribution is -2.27. The summed E-state index contributed by atoms with van der Waals surface area (Å²) in [6, 6.07) is 27.7. The lowest BCUT2D eigenvalue weighted by molar-refractivity contribution is -0.113. The van der Waals surface area contributed by atoms with Crippen molar-refractivity contribution in [3.63, 3.8) is 0 Å². The predicted molar refractivity (Wildman–Crippen MR) is 151 cm³/mol. The number of thioether (sulfide) groups is 1. The standard InChI is InChI=1S/C28H20BrNO3S2/c1-32-24-15-19(16-25-27(31)30(28(34)35-25)22-9-3-2-4-10-22)14-23(29)26(24)33-17-18-11-12-20-7-5-6-8-21(20)13-18/h2-16H,17H2,1H3/b25-16+. The summed E-state index contributed by atoms with van der Waals surface area (Å²) in [7, 11) is 1.60. The Bertz CT molecular complexity index is 1470. The van der Waals surface area contributed by atoms with Crippen LogP contribution in [0.4, 0.5) is 5.69 Å². The molecular formula is C28H20BrNO3S2. The molecule has 1 saturated heterocycles. The molecule has 4 nitrogen and oxygen atoms in total. The van der Waals surface area contributed by atoms with Crippen molar-refractivity contribution in [2.75, 3.05) is 12.0 Å². The first-order valence-corrected chi connectivity index (χ1v) is 12.9. The monoisotopic (exact) mass is 561 g/mol. The topological polar surface area (TPSA) is 38.8 Å². The van der Waals surface area contributed by atoms with Gasteiger partial charge in [0.1, 0.15) is 6.61 Å². The van der Waals surface area contributed by atoms with Crippen LogP contribution in [0.25, 0.3) is 16.8 Å². The zero-order valence-corrected chi connectivity index (χ0v) is 22.0. The van der Waals surface area contributed by atoms with Gasteiger partial charge in [-0.3, -0.25) is 9.69 Å². The number of ether oxygens (including phenoxy) is 2. The Morgan fingerprint density at radius 3 is 2.49 bits per heavy atom. The van der Waals surface area contributed by atoms with Gasteiger partial charge in [-0.1, -0.05) is 78.6 Å². The summed E-state index contributed by atoms with van der Waals surface area (Å²) >= 11 is 10.4. The van der Waals surface area contributed by atoms with Crippen LogP contribution in [-0.2, 0) is 11.4 Å². The summed E-state index contributed by atoms with van der Waals surface area (Å²) in [5, 5.41) is 2.36. The van der Waals surface area contributed by atoms with Gasteiger partial charge in [0, 0.05) is 0 Å². The van der Waals surface area contributed by atoms with Gasteiger partial charge in [-0.2, -0.15) is 0 Å². The fraction of sp³-hybridized carbons (Fsp3) is 0.0714. The molecule has 0 unspecified atom stereocenters. The molecule has 0 spiro atoms. The van der Waals surface area contributed by atoms with E-state index in [1.165, 1.54) is 22.5 Å². The number of carbonyl (C=O) groups is 1. The summed E-state index contributed by atoms with van der Waals surface area (Å²) in [5.41, 5.74) is 2.63. The van der Waals surface area contributed by atoms with Crippen molar-refractivity contribution in [1.82, 2.24) is 0 Å². The van der Waals surface area contributed by atoms with E-state index >= 15 is 0 Å². The maximum Gasteiger partial charge on any atom is 0.270 e. The van der Waals surface area contributed by atoms with Crippen molar-refractivity contribution >= 4 is 72.7 Å². The smallest absolute Gasteiger partial charge is 0.270 e. The Hall–Kier alpha value is -3.13. The predicted octanol–water partition coefficient (Wildman–Crippen LogP) is 7.60. The van der Waals surface area contributed by atoms with Crippen LogP contribution in [0.3, 0.4) is 0 Å². The third-order valence-electron chi connectivity index (χ3n) is 5.55. The second-order valence-corrected chi connectivity index (χ2v) is 10.4. The lowest BCUT2D eigenvalue weighted by atomic mass is 10.1. The van der Waals surface area contributed by atoms with E-state index in [0.717, 1.165) is 21.3 Å². The molecule has 4 aromatic carbocycles. The van der Waals surface area contributed by atoms with Crippen molar-refractivity contribution in [2.24, 2.45) is 0 Å². The number of fused-ring (bicyclic) bond motifs is 1. The average Bonchev–Trinajstić information content (AvgIpc) is 3.15. The quantitative estimate of drug-likeness (QED) is 0.179. The number of para-hydroxylation sites is 1. The number of thiocarbonyl (C=S) groups is 1. The van der Waals surface area contributed by atoms with E-state index in [2.05, 4.69) is 46.3 Å². The van der Waals surface area contributed by atoms with E-state index in [1.54, 1.807) is 12.0 Å². The van der Waals surface area contributed by atoms with Crippen molar-refractivity contribution < 1.29 is 14.3 Å². The van der Waals surface area contributed by atoms with Gasteiger partial charge in [0.2, 0.25) is 0 Å². The summed E-state index contributed by atoms with van der Waals surface area (Å²) in [6.45, 7) is 0.398. The molecule has 1 aliphatic rings. The van der Waals surface area contributed by atoms with E-state index < -0.39 is 0 Å². The number of nitrogens with zero attached hydrogens (tertiary/aromatic N) is 1. The molecule has 1 fully saturated rings. The third-order valence-corrected chi connectivity index (χ3v) is 7.45. The molecule has 4 aromatic rings. The molecule has 0 radical (unpaired) electrons.